The number of ether oxygens (including phenoxy) is 1. The van der Waals surface area contributed by atoms with Crippen molar-refractivity contribution in [2.45, 2.75) is 12.8 Å². The zero-order valence-corrected chi connectivity index (χ0v) is 12.1. The summed E-state index contributed by atoms with van der Waals surface area (Å²) in [6.07, 6.45) is 1.74. The summed E-state index contributed by atoms with van der Waals surface area (Å²) in [5, 5.41) is 3.41. The number of nitrogens with one attached hydrogen (secondary N) is 1. The van der Waals surface area contributed by atoms with Crippen LogP contribution in [0.5, 0.6) is 0 Å². The van der Waals surface area contributed by atoms with Gasteiger partial charge in [-0.3, -0.25) is 4.79 Å². The van der Waals surface area contributed by atoms with Crippen molar-refractivity contribution in [2.75, 3.05) is 26.0 Å². The van der Waals surface area contributed by atoms with Gasteiger partial charge < -0.3 is 15.8 Å². The Morgan fingerprint density at radius 2 is 2.25 bits per heavy atom. The minimum atomic E-state index is -0.353. The Bertz CT molecular complexity index is 612. The minimum absolute atomic E-state index is 0.207. The van der Waals surface area contributed by atoms with Crippen LogP contribution in [0.1, 0.15) is 22.5 Å². The molecule has 0 spiro atoms. The molecule has 3 N–H and O–H groups in total. The molecule has 0 radical (unpaired) electrons. The SMILES string of the molecule is COCCCCNC(=O)c1sc2ccc(F)cc2c1N. The molecule has 4 nitrogen and oxygen atoms in total. The van der Waals surface area contributed by atoms with Crippen molar-refractivity contribution in [3.63, 3.8) is 0 Å². The van der Waals surface area contributed by atoms with Gasteiger partial charge in [-0.05, 0) is 31.0 Å². The van der Waals surface area contributed by atoms with Gasteiger partial charge in [-0.1, -0.05) is 0 Å². The highest BCUT2D eigenvalue weighted by atomic mass is 32.1. The molecule has 1 aromatic heterocycles. The van der Waals surface area contributed by atoms with Crippen LogP contribution in [0.4, 0.5) is 10.1 Å². The lowest BCUT2D eigenvalue weighted by molar-refractivity contribution is 0.0956. The number of anilines is 1. The number of halogens is 1. The highest BCUT2D eigenvalue weighted by molar-refractivity contribution is 7.21. The van der Waals surface area contributed by atoms with Gasteiger partial charge in [0.15, 0.2) is 0 Å². The molecular formula is C14H17FN2O2S. The van der Waals surface area contributed by atoms with E-state index < -0.39 is 0 Å². The molecule has 0 aliphatic rings. The molecule has 0 saturated carbocycles. The second kappa shape index (κ2) is 6.67. The van der Waals surface area contributed by atoms with Gasteiger partial charge in [-0.25, -0.2) is 4.39 Å². The van der Waals surface area contributed by atoms with E-state index in [0.29, 0.717) is 29.1 Å². The van der Waals surface area contributed by atoms with Gasteiger partial charge in [0.1, 0.15) is 10.7 Å². The topological polar surface area (TPSA) is 64.3 Å². The first kappa shape index (κ1) is 14.7. The molecule has 2 aromatic rings. The first-order valence-electron chi connectivity index (χ1n) is 6.38. The fourth-order valence-electron chi connectivity index (χ4n) is 1.91. The van der Waals surface area contributed by atoms with Gasteiger partial charge in [0.2, 0.25) is 0 Å². The average Bonchev–Trinajstić information content (AvgIpc) is 2.76. The first-order chi connectivity index (χ1) is 9.63. The van der Waals surface area contributed by atoms with Gasteiger partial charge in [-0.15, -0.1) is 11.3 Å². The lowest BCUT2D eigenvalue weighted by Gasteiger charge is -2.04. The minimum Gasteiger partial charge on any atom is -0.397 e. The fourth-order valence-corrected chi connectivity index (χ4v) is 2.93. The van der Waals surface area contributed by atoms with E-state index in [1.807, 2.05) is 0 Å². The van der Waals surface area contributed by atoms with E-state index in [0.717, 1.165) is 17.5 Å². The zero-order valence-electron chi connectivity index (χ0n) is 11.2. The van der Waals surface area contributed by atoms with E-state index in [1.165, 1.54) is 23.5 Å². The van der Waals surface area contributed by atoms with Crippen molar-refractivity contribution < 1.29 is 13.9 Å². The summed E-state index contributed by atoms with van der Waals surface area (Å²) in [6.45, 7) is 1.25. The van der Waals surface area contributed by atoms with Crippen molar-refractivity contribution in [3.8, 4) is 0 Å². The van der Waals surface area contributed by atoms with Crippen LogP contribution in [0.25, 0.3) is 10.1 Å². The standard InChI is InChI=1S/C14H17FN2O2S/c1-19-7-3-2-6-17-14(18)13-12(16)10-8-9(15)4-5-11(10)20-13/h4-5,8H,2-3,6-7,16H2,1H3,(H,17,18). The largest absolute Gasteiger partial charge is 0.397 e. The molecule has 0 aliphatic carbocycles. The maximum absolute atomic E-state index is 13.2. The number of amides is 1. The fraction of sp³-hybridized carbons (Fsp3) is 0.357. The number of hydrogen-bond donors (Lipinski definition) is 2. The van der Waals surface area contributed by atoms with Crippen LogP contribution in [0.15, 0.2) is 18.2 Å². The van der Waals surface area contributed by atoms with Crippen molar-refractivity contribution in [1.82, 2.24) is 5.32 Å². The Kier molecular flexibility index (Phi) is 4.92. The van der Waals surface area contributed by atoms with Crippen LogP contribution in [0.3, 0.4) is 0 Å². The Morgan fingerprint density at radius 1 is 1.45 bits per heavy atom. The lowest BCUT2D eigenvalue weighted by atomic mass is 10.2. The lowest BCUT2D eigenvalue weighted by Crippen LogP contribution is -2.24. The molecule has 1 aromatic carbocycles. The smallest absolute Gasteiger partial charge is 0.263 e. The van der Waals surface area contributed by atoms with Crippen LogP contribution >= 0.6 is 11.3 Å². The van der Waals surface area contributed by atoms with Crippen LogP contribution in [-0.4, -0.2) is 26.2 Å². The quantitative estimate of drug-likeness (QED) is 0.806. The summed E-state index contributed by atoms with van der Waals surface area (Å²) in [6, 6.07) is 4.36. The van der Waals surface area contributed by atoms with Crippen molar-refractivity contribution in [1.29, 1.82) is 0 Å². The zero-order chi connectivity index (χ0) is 14.5. The number of fused-ring (bicyclic) bond motifs is 1. The number of unbranched alkanes of at least 4 members (excludes halogenated alkanes) is 1. The Balaban J connectivity index is 2.05. The molecule has 6 heteroatoms. The van der Waals surface area contributed by atoms with Gasteiger partial charge >= 0.3 is 0 Å². The Morgan fingerprint density at radius 3 is 3.00 bits per heavy atom. The number of nitrogens with two attached hydrogens (primary N) is 1. The number of rotatable bonds is 6. The molecule has 2 rings (SSSR count). The van der Waals surface area contributed by atoms with Gasteiger partial charge in [0.05, 0.1) is 5.69 Å². The predicted molar refractivity (Wildman–Crippen MR) is 79.6 cm³/mol. The van der Waals surface area contributed by atoms with Crippen molar-refractivity contribution >= 4 is 33.0 Å². The average molecular weight is 296 g/mol. The van der Waals surface area contributed by atoms with E-state index >= 15 is 0 Å². The molecular weight excluding hydrogens is 279 g/mol. The summed E-state index contributed by atoms with van der Waals surface area (Å²) >= 11 is 1.28. The van der Waals surface area contributed by atoms with E-state index in [1.54, 1.807) is 13.2 Å². The second-order valence-corrected chi connectivity index (χ2v) is 5.49. The molecule has 1 heterocycles. The molecule has 0 fully saturated rings. The predicted octanol–water partition coefficient (Wildman–Crippen LogP) is 2.78. The Labute approximate surface area is 120 Å². The molecule has 0 aliphatic heterocycles. The first-order valence-corrected chi connectivity index (χ1v) is 7.20. The van der Waals surface area contributed by atoms with E-state index in [9.17, 15) is 9.18 Å². The summed E-state index contributed by atoms with van der Waals surface area (Å²) in [5.41, 5.74) is 6.27. The molecule has 0 saturated heterocycles. The summed E-state index contributed by atoms with van der Waals surface area (Å²) in [5.74, 6) is -0.560. The molecule has 0 unspecified atom stereocenters. The van der Waals surface area contributed by atoms with E-state index in [4.69, 9.17) is 10.5 Å². The second-order valence-electron chi connectivity index (χ2n) is 4.44. The van der Waals surface area contributed by atoms with Crippen LogP contribution in [0, 0.1) is 5.82 Å². The Hall–Kier alpha value is -1.66. The summed E-state index contributed by atoms with van der Waals surface area (Å²) in [4.78, 5) is 12.5. The molecule has 0 bridgehead atoms. The van der Waals surface area contributed by atoms with Gasteiger partial charge in [-0.2, -0.15) is 0 Å². The third-order valence-corrected chi connectivity index (χ3v) is 4.14. The van der Waals surface area contributed by atoms with Crippen molar-refractivity contribution in [2.24, 2.45) is 0 Å². The number of hydrogen-bond acceptors (Lipinski definition) is 4. The summed E-state index contributed by atoms with van der Waals surface area (Å²) in [7, 11) is 1.65. The number of benzene rings is 1. The number of methoxy groups -OCH3 is 1. The van der Waals surface area contributed by atoms with Gasteiger partial charge in [0, 0.05) is 30.3 Å². The van der Waals surface area contributed by atoms with Crippen LogP contribution < -0.4 is 11.1 Å². The number of thiophene rings is 1. The molecule has 0 atom stereocenters. The number of nitrogen functional groups attached to an aromatic ring is 1. The van der Waals surface area contributed by atoms with Crippen LogP contribution in [-0.2, 0) is 4.74 Å². The maximum atomic E-state index is 13.2. The monoisotopic (exact) mass is 296 g/mol. The normalized spacial score (nSPS) is 10.9. The van der Waals surface area contributed by atoms with E-state index in [-0.39, 0.29) is 11.7 Å². The number of carbonyl (C=O) groups is 1. The molecule has 1 amide bonds. The highest BCUT2D eigenvalue weighted by Gasteiger charge is 2.16. The molecule has 20 heavy (non-hydrogen) atoms. The maximum Gasteiger partial charge on any atom is 0.263 e. The third kappa shape index (κ3) is 3.26. The molecule has 108 valence electrons. The van der Waals surface area contributed by atoms with Crippen molar-refractivity contribution in [3.05, 3.63) is 28.9 Å². The van der Waals surface area contributed by atoms with Gasteiger partial charge in [0.25, 0.3) is 5.91 Å². The van der Waals surface area contributed by atoms with Crippen LogP contribution in [0.2, 0.25) is 0 Å². The summed E-state index contributed by atoms with van der Waals surface area (Å²) < 4.78 is 18.9. The van der Waals surface area contributed by atoms with E-state index in [2.05, 4.69) is 5.32 Å². The highest BCUT2D eigenvalue weighted by Crippen LogP contribution is 2.33. The number of carbonyl (C=O) groups excluding carboxylic acids is 1. The third-order valence-electron chi connectivity index (χ3n) is 2.96.